The van der Waals surface area contributed by atoms with Crippen molar-refractivity contribution in [2.75, 3.05) is 0 Å². The van der Waals surface area contributed by atoms with Crippen molar-refractivity contribution >= 4 is 24.6 Å². The summed E-state index contributed by atoms with van der Waals surface area (Å²) in [7, 11) is 0. The summed E-state index contributed by atoms with van der Waals surface area (Å²) in [6.45, 7) is 4.42. The first-order valence-corrected chi connectivity index (χ1v) is 10.4. The maximum Gasteiger partial charge on any atom is 0.126 e. The Bertz CT molecular complexity index is 684. The molecule has 0 saturated heterocycles. The highest BCUT2D eigenvalue weighted by molar-refractivity contribution is 5.87. The van der Waals surface area contributed by atoms with Gasteiger partial charge in [-0.05, 0) is 73.2 Å². The zero-order valence-electron chi connectivity index (χ0n) is 17.1. The van der Waals surface area contributed by atoms with Gasteiger partial charge in [0, 0.05) is 0 Å². The van der Waals surface area contributed by atoms with Crippen molar-refractivity contribution in [3.8, 4) is 0 Å². The van der Waals surface area contributed by atoms with Gasteiger partial charge in [-0.1, -0.05) is 39.5 Å². The lowest BCUT2D eigenvalue weighted by atomic mass is 10.1. The van der Waals surface area contributed by atoms with Crippen LogP contribution in [0.4, 0.5) is 0 Å². The summed E-state index contributed by atoms with van der Waals surface area (Å²) in [5.74, 6) is 1.69. The monoisotopic (exact) mass is 380 g/mol. The van der Waals surface area contributed by atoms with Crippen LogP contribution in [0.3, 0.4) is 0 Å². The largest absolute Gasteiger partial charge is 0.465 e. The van der Waals surface area contributed by atoms with Crippen LogP contribution in [-0.4, -0.2) is 12.4 Å². The molecule has 150 valence electrons. The molecule has 0 saturated carbocycles. The molecule has 0 aliphatic carbocycles. The van der Waals surface area contributed by atoms with Gasteiger partial charge in [0.1, 0.15) is 11.5 Å². The summed E-state index contributed by atoms with van der Waals surface area (Å²) in [6, 6.07) is 7.70. The molecule has 0 bridgehead atoms. The van der Waals surface area contributed by atoms with E-state index in [9.17, 15) is 0 Å². The fourth-order valence-corrected chi connectivity index (χ4v) is 2.83. The van der Waals surface area contributed by atoms with E-state index >= 15 is 0 Å². The van der Waals surface area contributed by atoms with Gasteiger partial charge >= 0.3 is 0 Å². The molecule has 0 spiro atoms. The molecule has 0 aliphatic rings. The lowest BCUT2D eigenvalue weighted by molar-refractivity contribution is 0.556. The van der Waals surface area contributed by atoms with Crippen LogP contribution in [0.15, 0.2) is 67.0 Å². The van der Waals surface area contributed by atoms with Crippen molar-refractivity contribution in [2.45, 2.75) is 65.2 Å². The predicted octanol–water partition coefficient (Wildman–Crippen LogP) is 7.56. The molecule has 0 aromatic carbocycles. The standard InChI is InChI=1S/C24H32N2O2/c1-3-5-7-11-21(17-23-13-9-15-27-23)19-25-26-20-22(12-8-6-4-2)18-24-14-10-16-28-24/h9-10,13-20H,3-8,11-12H2,1-2H3/b21-17+,22-18+,25-19+,26-20+. The Morgan fingerprint density at radius 1 is 0.750 bits per heavy atom. The minimum absolute atomic E-state index is 0.847. The van der Waals surface area contributed by atoms with Gasteiger partial charge in [-0.3, -0.25) is 0 Å². The molecule has 0 fully saturated rings. The maximum absolute atomic E-state index is 5.43. The van der Waals surface area contributed by atoms with Gasteiger partial charge in [-0.25, -0.2) is 0 Å². The van der Waals surface area contributed by atoms with Crippen LogP contribution in [0.1, 0.15) is 76.7 Å². The van der Waals surface area contributed by atoms with Gasteiger partial charge < -0.3 is 8.83 Å². The van der Waals surface area contributed by atoms with Crippen molar-refractivity contribution in [2.24, 2.45) is 10.2 Å². The lowest BCUT2D eigenvalue weighted by Gasteiger charge is -2.01. The minimum atomic E-state index is 0.847. The third kappa shape index (κ3) is 8.85. The molecular formula is C24H32N2O2. The van der Waals surface area contributed by atoms with Gasteiger partial charge in [0.2, 0.25) is 0 Å². The fourth-order valence-electron chi connectivity index (χ4n) is 2.83. The summed E-state index contributed by atoms with van der Waals surface area (Å²) in [4.78, 5) is 0. The average molecular weight is 381 g/mol. The molecule has 4 nitrogen and oxygen atoms in total. The number of unbranched alkanes of at least 4 members (excludes halogenated alkanes) is 4. The number of rotatable bonds is 13. The first kappa shape index (κ1) is 21.7. The van der Waals surface area contributed by atoms with Crippen LogP contribution >= 0.6 is 0 Å². The Morgan fingerprint density at radius 2 is 1.21 bits per heavy atom. The van der Waals surface area contributed by atoms with Crippen LogP contribution in [0.2, 0.25) is 0 Å². The molecule has 4 heteroatoms. The summed E-state index contributed by atoms with van der Waals surface area (Å²) < 4.78 is 10.9. The number of hydrogen-bond acceptors (Lipinski definition) is 4. The van der Waals surface area contributed by atoms with Crippen LogP contribution in [0.25, 0.3) is 12.2 Å². The molecule has 2 rings (SSSR count). The van der Waals surface area contributed by atoms with Crippen LogP contribution in [-0.2, 0) is 0 Å². The Kier molecular flexibility index (Phi) is 10.5. The molecule has 0 unspecified atom stereocenters. The van der Waals surface area contributed by atoms with E-state index in [1.807, 2.05) is 48.8 Å². The molecule has 0 aliphatic heterocycles. The van der Waals surface area contributed by atoms with Crippen molar-refractivity contribution in [3.05, 3.63) is 59.5 Å². The van der Waals surface area contributed by atoms with Gasteiger partial charge in [-0.2, -0.15) is 10.2 Å². The van der Waals surface area contributed by atoms with E-state index in [-0.39, 0.29) is 0 Å². The smallest absolute Gasteiger partial charge is 0.126 e. The molecule has 0 atom stereocenters. The third-order valence-corrected chi connectivity index (χ3v) is 4.39. The Balaban J connectivity index is 2.03. The van der Waals surface area contributed by atoms with Crippen molar-refractivity contribution < 1.29 is 8.83 Å². The zero-order valence-corrected chi connectivity index (χ0v) is 17.1. The van der Waals surface area contributed by atoms with E-state index < -0.39 is 0 Å². The number of furan rings is 2. The first-order chi connectivity index (χ1) is 13.8. The summed E-state index contributed by atoms with van der Waals surface area (Å²) in [5.41, 5.74) is 2.26. The molecule has 0 N–H and O–H groups in total. The van der Waals surface area contributed by atoms with E-state index in [0.29, 0.717) is 0 Å². The summed E-state index contributed by atoms with van der Waals surface area (Å²) in [6.07, 6.45) is 20.2. The van der Waals surface area contributed by atoms with Crippen molar-refractivity contribution in [3.63, 3.8) is 0 Å². The Morgan fingerprint density at radius 3 is 1.57 bits per heavy atom. The second kappa shape index (κ2) is 13.5. The first-order valence-electron chi connectivity index (χ1n) is 10.4. The average Bonchev–Trinajstić information content (AvgIpc) is 3.39. The number of allylic oxidation sites excluding steroid dienone is 2. The Labute approximate surface area is 168 Å². The van der Waals surface area contributed by atoms with Gasteiger partial charge in [0.25, 0.3) is 0 Å². The van der Waals surface area contributed by atoms with E-state index in [1.165, 1.54) is 25.7 Å². The normalized spacial score (nSPS) is 13.2. The fraction of sp³-hybridized carbons (Fsp3) is 0.417. The van der Waals surface area contributed by atoms with Gasteiger partial charge in [-0.15, -0.1) is 0 Å². The third-order valence-electron chi connectivity index (χ3n) is 4.39. The minimum Gasteiger partial charge on any atom is -0.465 e. The molecule has 2 aromatic rings. The highest BCUT2D eigenvalue weighted by Gasteiger charge is 1.99. The summed E-state index contributed by atoms with van der Waals surface area (Å²) >= 11 is 0. The molecule has 0 amide bonds. The van der Waals surface area contributed by atoms with Crippen LogP contribution < -0.4 is 0 Å². The van der Waals surface area contributed by atoms with Crippen molar-refractivity contribution in [1.82, 2.24) is 0 Å². The second-order valence-corrected chi connectivity index (χ2v) is 6.87. The lowest BCUT2D eigenvalue weighted by Crippen LogP contribution is -1.88. The molecule has 2 aromatic heterocycles. The topological polar surface area (TPSA) is 51.0 Å². The molecule has 0 radical (unpaired) electrons. The Hall–Kier alpha value is -2.62. The molecular weight excluding hydrogens is 348 g/mol. The predicted molar refractivity (Wildman–Crippen MR) is 119 cm³/mol. The molecule has 2 heterocycles. The number of nitrogens with zero attached hydrogens (tertiary/aromatic N) is 2. The van der Waals surface area contributed by atoms with Crippen LogP contribution in [0.5, 0.6) is 0 Å². The van der Waals surface area contributed by atoms with Gasteiger partial charge in [0.15, 0.2) is 0 Å². The zero-order chi connectivity index (χ0) is 19.9. The van der Waals surface area contributed by atoms with Gasteiger partial charge in [0.05, 0.1) is 25.0 Å². The van der Waals surface area contributed by atoms with Crippen LogP contribution in [0, 0.1) is 0 Å². The number of hydrogen-bond donors (Lipinski definition) is 0. The molecule has 28 heavy (non-hydrogen) atoms. The summed E-state index contributed by atoms with van der Waals surface area (Å²) in [5, 5.41) is 8.58. The van der Waals surface area contributed by atoms with E-state index in [2.05, 4.69) is 24.1 Å². The second-order valence-electron chi connectivity index (χ2n) is 6.87. The quantitative estimate of drug-likeness (QED) is 0.204. The SMILES string of the molecule is CCCCCC(/C=N/N=C/C(=C/c1ccco1)CCCCC)=C\c1ccco1. The highest BCUT2D eigenvalue weighted by Crippen LogP contribution is 2.14. The van der Waals surface area contributed by atoms with E-state index in [0.717, 1.165) is 48.3 Å². The maximum atomic E-state index is 5.43. The van der Waals surface area contributed by atoms with E-state index in [4.69, 9.17) is 8.83 Å². The highest BCUT2D eigenvalue weighted by atomic mass is 16.3. The van der Waals surface area contributed by atoms with Crippen molar-refractivity contribution in [1.29, 1.82) is 0 Å². The van der Waals surface area contributed by atoms with E-state index in [1.54, 1.807) is 12.5 Å².